The molecule has 0 spiro atoms. The summed E-state index contributed by atoms with van der Waals surface area (Å²) in [4.78, 5) is 24.0. The van der Waals surface area contributed by atoms with Crippen molar-refractivity contribution in [3.8, 4) is 5.75 Å². The molecule has 0 aliphatic rings. The molecule has 21 heavy (non-hydrogen) atoms. The molecular formula is C14H21ClN3O3+. The van der Waals surface area contributed by atoms with Gasteiger partial charge in [-0.25, -0.2) is 4.79 Å². The van der Waals surface area contributed by atoms with Crippen LogP contribution < -0.4 is 20.3 Å². The van der Waals surface area contributed by atoms with E-state index in [0.29, 0.717) is 11.6 Å². The number of urea groups is 1. The lowest BCUT2D eigenvalue weighted by molar-refractivity contribution is -0.908. The Labute approximate surface area is 129 Å². The number of hydrogen-bond acceptors (Lipinski definition) is 3. The summed E-state index contributed by atoms with van der Waals surface area (Å²) in [6.07, 6.45) is 0. The molecule has 0 heterocycles. The summed E-state index contributed by atoms with van der Waals surface area (Å²) in [6.45, 7) is 2.30. The summed E-state index contributed by atoms with van der Waals surface area (Å²) in [5.74, 6) is 0.380. The Bertz CT molecular complexity index is 522. The summed E-state index contributed by atoms with van der Waals surface area (Å²) in [5.41, 5.74) is 0.905. The van der Waals surface area contributed by atoms with Gasteiger partial charge in [0.05, 0.1) is 14.2 Å². The van der Waals surface area contributed by atoms with Crippen molar-refractivity contribution in [3.63, 3.8) is 0 Å². The van der Waals surface area contributed by atoms with Crippen molar-refractivity contribution < 1.29 is 19.2 Å². The number of likely N-dealkylation sites (N-methyl/N-ethyl adjacent to an activating group) is 1. The fraction of sp³-hybridized carbons (Fsp3) is 0.429. The minimum Gasteiger partial charge on any atom is -0.496 e. The van der Waals surface area contributed by atoms with Crippen LogP contribution in [0, 0.1) is 0 Å². The highest BCUT2D eigenvalue weighted by molar-refractivity contribution is 6.30. The molecule has 0 bridgehead atoms. The Hall–Kier alpha value is -1.79. The second kappa shape index (κ2) is 7.85. The first-order valence-electron chi connectivity index (χ1n) is 6.56. The smallest absolute Gasteiger partial charge is 0.321 e. The molecule has 0 aliphatic heterocycles. The molecule has 1 unspecified atom stereocenters. The van der Waals surface area contributed by atoms with Crippen LogP contribution in [0.3, 0.4) is 0 Å². The fourth-order valence-corrected chi connectivity index (χ4v) is 2.04. The van der Waals surface area contributed by atoms with E-state index in [2.05, 4.69) is 10.6 Å². The normalized spacial score (nSPS) is 13.2. The van der Waals surface area contributed by atoms with E-state index in [1.54, 1.807) is 26.2 Å². The topological polar surface area (TPSA) is 71.9 Å². The first kappa shape index (κ1) is 17.3. The molecule has 1 aromatic carbocycles. The van der Waals surface area contributed by atoms with Crippen LogP contribution in [0.15, 0.2) is 18.2 Å². The van der Waals surface area contributed by atoms with Gasteiger partial charge < -0.3 is 15.0 Å². The monoisotopic (exact) mass is 314 g/mol. The minimum atomic E-state index is -0.514. The number of benzene rings is 1. The van der Waals surface area contributed by atoms with Gasteiger partial charge in [-0.1, -0.05) is 11.6 Å². The van der Waals surface area contributed by atoms with E-state index in [1.807, 2.05) is 13.1 Å². The van der Waals surface area contributed by atoms with Crippen molar-refractivity contribution >= 4 is 23.5 Å². The van der Waals surface area contributed by atoms with Gasteiger partial charge in [-0.2, -0.15) is 0 Å². The Morgan fingerprint density at radius 1 is 1.43 bits per heavy atom. The molecule has 1 rings (SSSR count). The molecule has 0 aliphatic carbocycles. The van der Waals surface area contributed by atoms with Gasteiger partial charge in [-0.15, -0.1) is 0 Å². The van der Waals surface area contributed by atoms with Gasteiger partial charge in [0.2, 0.25) is 0 Å². The van der Waals surface area contributed by atoms with Gasteiger partial charge in [-0.3, -0.25) is 10.1 Å². The molecule has 2 atom stereocenters. The lowest BCUT2D eigenvalue weighted by atomic mass is 10.1. The van der Waals surface area contributed by atoms with Crippen molar-refractivity contribution in [1.82, 2.24) is 10.6 Å². The number of halogens is 1. The van der Waals surface area contributed by atoms with Crippen LogP contribution in [-0.4, -0.2) is 39.2 Å². The number of rotatable bonds is 5. The second-order valence-electron chi connectivity index (χ2n) is 4.77. The number of amides is 3. The van der Waals surface area contributed by atoms with E-state index in [-0.39, 0.29) is 5.91 Å². The molecule has 0 saturated heterocycles. The third-order valence-electron chi connectivity index (χ3n) is 3.31. The van der Waals surface area contributed by atoms with Gasteiger partial charge >= 0.3 is 6.03 Å². The SMILES string of the molecule is CNC(=O)NC(=O)[C@@H](C)[NH+](C)Cc1cc(Cl)ccc1OC. The largest absolute Gasteiger partial charge is 0.496 e. The van der Waals surface area contributed by atoms with Crippen molar-refractivity contribution in [2.45, 2.75) is 19.5 Å². The van der Waals surface area contributed by atoms with Crippen molar-refractivity contribution in [2.75, 3.05) is 21.2 Å². The van der Waals surface area contributed by atoms with E-state index < -0.39 is 12.1 Å². The van der Waals surface area contributed by atoms with Crippen LogP contribution in [0.4, 0.5) is 4.79 Å². The van der Waals surface area contributed by atoms with Crippen LogP contribution >= 0.6 is 11.6 Å². The average Bonchev–Trinajstić information content (AvgIpc) is 2.46. The first-order chi connectivity index (χ1) is 9.88. The van der Waals surface area contributed by atoms with E-state index >= 15 is 0 Å². The Balaban J connectivity index is 2.76. The molecule has 6 nitrogen and oxygen atoms in total. The third-order valence-corrected chi connectivity index (χ3v) is 3.54. The van der Waals surface area contributed by atoms with Crippen molar-refractivity contribution in [3.05, 3.63) is 28.8 Å². The minimum absolute atomic E-state index is 0.340. The van der Waals surface area contributed by atoms with Crippen LogP contribution in [0.1, 0.15) is 12.5 Å². The summed E-state index contributed by atoms with van der Waals surface area (Å²) in [7, 11) is 4.92. The fourth-order valence-electron chi connectivity index (χ4n) is 1.85. The van der Waals surface area contributed by atoms with Crippen LogP contribution in [-0.2, 0) is 11.3 Å². The maximum atomic E-state index is 11.9. The van der Waals surface area contributed by atoms with E-state index in [9.17, 15) is 9.59 Å². The standard InChI is InChI=1S/C14H20ClN3O3/c1-9(13(19)17-14(20)16-2)18(3)8-10-7-11(15)5-6-12(10)21-4/h5-7,9H,8H2,1-4H3,(H2,16,17,19,20)/p+1/t9-/m1/s1. The molecule has 1 aromatic rings. The van der Waals surface area contributed by atoms with Gasteiger partial charge in [-0.05, 0) is 25.1 Å². The molecule has 0 fully saturated rings. The van der Waals surface area contributed by atoms with Gasteiger partial charge in [0, 0.05) is 17.6 Å². The lowest BCUT2D eigenvalue weighted by Crippen LogP contribution is -3.12. The molecule has 0 aromatic heterocycles. The van der Waals surface area contributed by atoms with Crippen LogP contribution in [0.5, 0.6) is 5.75 Å². The van der Waals surface area contributed by atoms with Crippen molar-refractivity contribution in [2.24, 2.45) is 0 Å². The zero-order chi connectivity index (χ0) is 16.0. The summed E-state index contributed by atoms with van der Waals surface area (Å²) in [5, 5.41) is 5.23. The zero-order valence-corrected chi connectivity index (χ0v) is 13.4. The highest BCUT2D eigenvalue weighted by atomic mass is 35.5. The Morgan fingerprint density at radius 2 is 2.10 bits per heavy atom. The third kappa shape index (κ3) is 4.91. The molecule has 116 valence electrons. The molecular weight excluding hydrogens is 294 g/mol. The molecule has 0 radical (unpaired) electrons. The maximum Gasteiger partial charge on any atom is 0.321 e. The second-order valence-corrected chi connectivity index (χ2v) is 5.21. The number of hydrogen-bond donors (Lipinski definition) is 3. The number of nitrogens with one attached hydrogen (secondary N) is 3. The predicted molar refractivity (Wildman–Crippen MR) is 80.7 cm³/mol. The molecule has 7 heteroatoms. The van der Waals surface area contributed by atoms with E-state index in [1.165, 1.54) is 7.05 Å². The quantitative estimate of drug-likeness (QED) is 0.727. The predicted octanol–water partition coefficient (Wildman–Crippen LogP) is 0.207. The number of quaternary nitrogens is 1. The molecule has 3 N–H and O–H groups in total. The average molecular weight is 315 g/mol. The maximum absolute atomic E-state index is 11.9. The summed E-state index contributed by atoms with van der Waals surface area (Å²) in [6, 6.07) is 4.44. The van der Waals surface area contributed by atoms with E-state index in [4.69, 9.17) is 16.3 Å². The number of carbonyl (C=O) groups excluding carboxylic acids is 2. The van der Waals surface area contributed by atoms with Gasteiger partial charge in [0.15, 0.2) is 6.04 Å². The van der Waals surface area contributed by atoms with Crippen LogP contribution in [0.2, 0.25) is 5.02 Å². The number of ether oxygens (including phenoxy) is 1. The highest BCUT2D eigenvalue weighted by Gasteiger charge is 2.24. The Morgan fingerprint density at radius 3 is 2.67 bits per heavy atom. The number of carbonyl (C=O) groups is 2. The van der Waals surface area contributed by atoms with E-state index in [0.717, 1.165) is 16.2 Å². The number of methoxy groups -OCH3 is 1. The Kier molecular flexibility index (Phi) is 6.45. The highest BCUT2D eigenvalue weighted by Crippen LogP contribution is 2.21. The zero-order valence-electron chi connectivity index (χ0n) is 12.6. The molecule has 0 saturated carbocycles. The van der Waals surface area contributed by atoms with Gasteiger partial charge in [0.1, 0.15) is 12.3 Å². The lowest BCUT2D eigenvalue weighted by Gasteiger charge is -2.21. The summed E-state index contributed by atoms with van der Waals surface area (Å²) < 4.78 is 5.29. The van der Waals surface area contributed by atoms with Crippen LogP contribution in [0.25, 0.3) is 0 Å². The van der Waals surface area contributed by atoms with Crippen molar-refractivity contribution in [1.29, 1.82) is 0 Å². The molecule has 3 amide bonds. The van der Waals surface area contributed by atoms with Gasteiger partial charge in [0.25, 0.3) is 5.91 Å². The first-order valence-corrected chi connectivity index (χ1v) is 6.94. The summed E-state index contributed by atoms with van der Waals surface area (Å²) >= 11 is 5.99. The number of imide groups is 1.